The molecule has 0 unspecified atom stereocenters. The van der Waals surface area contributed by atoms with Gasteiger partial charge in [-0.1, -0.05) is 15.9 Å². The highest BCUT2D eigenvalue weighted by Gasteiger charge is 2.58. The Labute approximate surface area is 155 Å². The van der Waals surface area contributed by atoms with E-state index in [1.54, 1.807) is 18.2 Å². The van der Waals surface area contributed by atoms with Crippen LogP contribution in [-0.2, 0) is 15.0 Å². The lowest BCUT2D eigenvalue weighted by atomic mass is 9.85. The number of hydrogen-bond acceptors (Lipinski definition) is 5. The average molecular weight is 419 g/mol. The summed E-state index contributed by atoms with van der Waals surface area (Å²) in [7, 11) is 0. The molecule has 9 heteroatoms. The fourth-order valence-corrected chi connectivity index (χ4v) is 3.51. The lowest BCUT2D eigenvalue weighted by Crippen LogP contribution is -2.51. The van der Waals surface area contributed by atoms with E-state index < -0.39 is 29.6 Å². The molecule has 3 amide bonds. The van der Waals surface area contributed by atoms with Gasteiger partial charge in [-0.25, -0.2) is 14.4 Å². The molecule has 1 spiro atoms. The minimum Gasteiger partial charge on any atom is -0.293 e. The second-order valence-electron chi connectivity index (χ2n) is 6.24. The Kier molecular flexibility index (Phi) is 3.83. The Morgan fingerprint density at radius 1 is 1.27 bits per heavy atom. The smallest absolute Gasteiger partial charge is 0.261 e. The van der Waals surface area contributed by atoms with Gasteiger partial charge >= 0.3 is 0 Å². The molecule has 2 heterocycles. The fraction of sp³-hybridized carbons (Fsp3) is 0.235. The number of anilines is 1. The molecule has 0 saturated heterocycles. The van der Waals surface area contributed by atoms with E-state index in [0.29, 0.717) is 24.0 Å². The summed E-state index contributed by atoms with van der Waals surface area (Å²) in [5.41, 5.74) is 0.413. The van der Waals surface area contributed by atoms with Crippen LogP contribution in [0, 0.1) is 5.82 Å². The van der Waals surface area contributed by atoms with Crippen molar-refractivity contribution in [3.8, 4) is 0 Å². The number of imide groups is 1. The standard InChI is InChI=1S/C17H12BrFN4O3/c18-9-1-2-11-12(5-9)17(3-4-17)15(26)23(14(11)25)8-13(24)22-16-20-6-10(19)7-21-16/h1-2,5-7H,3-4,8H2,(H,20,21,22,24). The third-order valence-corrected chi connectivity index (χ3v) is 5.04. The maximum absolute atomic E-state index is 12.9. The molecule has 1 aliphatic heterocycles. The van der Waals surface area contributed by atoms with Crippen molar-refractivity contribution in [2.24, 2.45) is 0 Å². The Balaban J connectivity index is 1.58. The Bertz CT molecular complexity index is 944. The molecule has 7 nitrogen and oxygen atoms in total. The fourth-order valence-electron chi connectivity index (χ4n) is 3.15. The second-order valence-corrected chi connectivity index (χ2v) is 7.16. The number of fused-ring (bicyclic) bond motifs is 2. The van der Waals surface area contributed by atoms with E-state index in [2.05, 4.69) is 31.2 Å². The van der Waals surface area contributed by atoms with Gasteiger partial charge < -0.3 is 0 Å². The van der Waals surface area contributed by atoms with Crippen molar-refractivity contribution in [2.45, 2.75) is 18.3 Å². The molecule has 1 aromatic heterocycles. The van der Waals surface area contributed by atoms with E-state index in [0.717, 1.165) is 21.8 Å². The lowest BCUT2D eigenvalue weighted by molar-refractivity contribution is -0.134. The van der Waals surface area contributed by atoms with Gasteiger partial charge in [-0.2, -0.15) is 0 Å². The van der Waals surface area contributed by atoms with Crippen LogP contribution < -0.4 is 5.32 Å². The van der Waals surface area contributed by atoms with E-state index >= 15 is 0 Å². The third kappa shape index (κ3) is 2.68. The quantitative estimate of drug-likeness (QED) is 0.769. The van der Waals surface area contributed by atoms with Crippen LogP contribution in [0.3, 0.4) is 0 Å². The maximum Gasteiger partial charge on any atom is 0.261 e. The van der Waals surface area contributed by atoms with Crippen LogP contribution in [-0.4, -0.2) is 39.1 Å². The summed E-state index contributed by atoms with van der Waals surface area (Å²) in [5.74, 6) is -2.25. The van der Waals surface area contributed by atoms with Crippen LogP contribution in [0.4, 0.5) is 10.3 Å². The van der Waals surface area contributed by atoms with Crippen LogP contribution in [0.15, 0.2) is 35.1 Å². The van der Waals surface area contributed by atoms with Gasteiger partial charge in [-0.15, -0.1) is 0 Å². The first-order valence-corrected chi connectivity index (χ1v) is 8.64. The van der Waals surface area contributed by atoms with Gasteiger partial charge in [0.25, 0.3) is 5.91 Å². The summed E-state index contributed by atoms with van der Waals surface area (Å²) in [6, 6.07) is 5.18. The summed E-state index contributed by atoms with van der Waals surface area (Å²) < 4.78 is 13.6. The molecule has 0 radical (unpaired) electrons. The van der Waals surface area contributed by atoms with Crippen LogP contribution in [0.5, 0.6) is 0 Å². The van der Waals surface area contributed by atoms with Crippen molar-refractivity contribution in [1.29, 1.82) is 0 Å². The van der Waals surface area contributed by atoms with Gasteiger partial charge in [-0.05, 0) is 36.6 Å². The molecule has 1 aromatic carbocycles. The predicted octanol–water partition coefficient (Wildman–Crippen LogP) is 2.03. The highest BCUT2D eigenvalue weighted by molar-refractivity contribution is 9.10. The molecule has 4 rings (SSSR count). The predicted molar refractivity (Wildman–Crippen MR) is 91.7 cm³/mol. The number of aromatic nitrogens is 2. The summed E-state index contributed by atoms with van der Waals surface area (Å²) >= 11 is 3.37. The van der Waals surface area contributed by atoms with Crippen LogP contribution in [0.25, 0.3) is 0 Å². The molecule has 2 aliphatic rings. The number of carbonyl (C=O) groups excluding carboxylic acids is 3. The first-order valence-electron chi connectivity index (χ1n) is 7.84. The van der Waals surface area contributed by atoms with Crippen LogP contribution in [0.1, 0.15) is 28.8 Å². The molecule has 1 aliphatic carbocycles. The molecule has 1 N–H and O–H groups in total. The number of nitrogens with one attached hydrogen (secondary N) is 1. The number of halogens is 2. The normalized spacial score (nSPS) is 17.2. The minimum atomic E-state index is -0.723. The molecular formula is C17H12BrFN4O3. The average Bonchev–Trinajstić information content (AvgIpc) is 3.41. The SMILES string of the molecule is O=C(CN1C(=O)c2ccc(Br)cc2C2(CC2)C1=O)Nc1ncc(F)cn1. The molecular weight excluding hydrogens is 407 g/mol. The number of benzene rings is 1. The summed E-state index contributed by atoms with van der Waals surface area (Å²) in [6.45, 7) is -0.449. The van der Waals surface area contributed by atoms with Crippen molar-refractivity contribution >= 4 is 39.6 Å². The minimum absolute atomic E-state index is 0.0984. The third-order valence-electron chi connectivity index (χ3n) is 4.55. The molecule has 2 aromatic rings. The maximum atomic E-state index is 12.9. The van der Waals surface area contributed by atoms with E-state index in [9.17, 15) is 18.8 Å². The van der Waals surface area contributed by atoms with Gasteiger partial charge in [0.1, 0.15) is 6.54 Å². The summed E-state index contributed by atoms with van der Waals surface area (Å²) in [4.78, 5) is 46.0. The van der Waals surface area contributed by atoms with Crippen molar-refractivity contribution in [2.75, 3.05) is 11.9 Å². The van der Waals surface area contributed by atoms with Gasteiger partial charge in [0.2, 0.25) is 17.8 Å². The molecule has 1 fully saturated rings. The van der Waals surface area contributed by atoms with Crippen molar-refractivity contribution in [3.05, 3.63) is 52.0 Å². The van der Waals surface area contributed by atoms with E-state index in [-0.39, 0.29) is 11.9 Å². The number of amides is 3. The summed E-state index contributed by atoms with van der Waals surface area (Å²) in [6.07, 6.45) is 3.10. The van der Waals surface area contributed by atoms with Gasteiger partial charge in [0.05, 0.1) is 17.8 Å². The largest absolute Gasteiger partial charge is 0.293 e. The zero-order valence-electron chi connectivity index (χ0n) is 13.3. The van der Waals surface area contributed by atoms with Crippen LogP contribution >= 0.6 is 15.9 Å². The number of rotatable bonds is 3. The molecule has 26 heavy (non-hydrogen) atoms. The zero-order valence-corrected chi connectivity index (χ0v) is 14.9. The van der Waals surface area contributed by atoms with Crippen LogP contribution in [0.2, 0.25) is 0 Å². The number of carbonyl (C=O) groups is 3. The monoisotopic (exact) mass is 418 g/mol. The van der Waals surface area contributed by atoms with Crippen molar-refractivity contribution in [1.82, 2.24) is 14.9 Å². The van der Waals surface area contributed by atoms with Crippen molar-refractivity contribution in [3.63, 3.8) is 0 Å². The Morgan fingerprint density at radius 3 is 2.62 bits per heavy atom. The Hall–Kier alpha value is -2.68. The molecule has 0 bridgehead atoms. The summed E-state index contributed by atoms with van der Waals surface area (Å²) in [5, 5.41) is 2.36. The highest BCUT2D eigenvalue weighted by atomic mass is 79.9. The topological polar surface area (TPSA) is 92.3 Å². The van der Waals surface area contributed by atoms with E-state index in [1.807, 2.05) is 0 Å². The van der Waals surface area contributed by atoms with Crippen molar-refractivity contribution < 1.29 is 18.8 Å². The highest BCUT2D eigenvalue weighted by Crippen LogP contribution is 2.53. The second kappa shape index (κ2) is 5.94. The first kappa shape index (κ1) is 16.8. The molecule has 1 saturated carbocycles. The molecule has 0 atom stereocenters. The van der Waals surface area contributed by atoms with E-state index in [4.69, 9.17) is 0 Å². The Morgan fingerprint density at radius 2 is 1.96 bits per heavy atom. The molecule has 132 valence electrons. The van der Waals surface area contributed by atoms with Gasteiger partial charge in [-0.3, -0.25) is 24.6 Å². The number of nitrogens with zero attached hydrogens (tertiary/aromatic N) is 3. The van der Waals surface area contributed by atoms with Gasteiger partial charge in [0.15, 0.2) is 5.82 Å². The number of hydrogen-bond donors (Lipinski definition) is 1. The zero-order chi connectivity index (χ0) is 18.5. The first-order chi connectivity index (χ1) is 12.4. The lowest BCUT2D eigenvalue weighted by Gasteiger charge is -2.32. The van der Waals surface area contributed by atoms with Gasteiger partial charge in [0, 0.05) is 10.0 Å². The van der Waals surface area contributed by atoms with E-state index in [1.165, 1.54) is 0 Å².